The number of carbonyl (C=O) groups excluding carboxylic acids is 1. The number of nitrogens with zero attached hydrogens (tertiary/aromatic N) is 3. The van der Waals surface area contributed by atoms with Crippen LogP contribution in [0.1, 0.15) is 56.7 Å². The van der Waals surface area contributed by atoms with Gasteiger partial charge in [-0.2, -0.15) is 0 Å². The Hall–Kier alpha value is -4.27. The fourth-order valence-electron chi connectivity index (χ4n) is 5.90. The molecule has 4 aromatic rings. The molecule has 8 heteroatoms. The Bertz CT molecular complexity index is 1740. The summed E-state index contributed by atoms with van der Waals surface area (Å²) >= 11 is 0. The van der Waals surface area contributed by atoms with Crippen molar-refractivity contribution in [2.24, 2.45) is 0 Å². The minimum atomic E-state index is -0.972. The van der Waals surface area contributed by atoms with Gasteiger partial charge in [0, 0.05) is 42.8 Å². The number of hydrogen-bond acceptors (Lipinski definition) is 5. The molecule has 2 N–H and O–H groups in total. The molecule has 8 nitrogen and oxygen atoms in total. The van der Waals surface area contributed by atoms with Crippen molar-refractivity contribution in [1.82, 2.24) is 19.7 Å². The number of fused-ring (bicyclic) bond motifs is 1. The van der Waals surface area contributed by atoms with Crippen LogP contribution in [0.15, 0.2) is 71.7 Å². The van der Waals surface area contributed by atoms with E-state index >= 15 is 0 Å². The lowest BCUT2D eigenvalue weighted by Crippen LogP contribution is -2.30. The Morgan fingerprint density at radius 3 is 2.40 bits per heavy atom. The first-order chi connectivity index (χ1) is 20.7. The van der Waals surface area contributed by atoms with Crippen LogP contribution < -0.4 is 10.9 Å². The van der Waals surface area contributed by atoms with Crippen LogP contribution in [0.4, 0.5) is 0 Å². The summed E-state index contributed by atoms with van der Waals surface area (Å²) in [6.45, 7) is 7.11. The van der Waals surface area contributed by atoms with Crippen LogP contribution in [0.5, 0.6) is 0 Å². The molecule has 1 saturated carbocycles. The molecule has 2 fully saturated rings. The molecule has 1 aromatic heterocycles. The Morgan fingerprint density at radius 2 is 1.65 bits per heavy atom. The highest BCUT2D eigenvalue weighted by atomic mass is 16.4. The van der Waals surface area contributed by atoms with Crippen LogP contribution in [0, 0.1) is 6.92 Å². The molecule has 6 rings (SSSR count). The minimum Gasteiger partial charge on any atom is -0.478 e. The second kappa shape index (κ2) is 12.1. The van der Waals surface area contributed by atoms with Crippen LogP contribution in [0.25, 0.3) is 21.9 Å². The first kappa shape index (κ1) is 28.8. The van der Waals surface area contributed by atoms with Crippen molar-refractivity contribution < 1.29 is 14.7 Å². The van der Waals surface area contributed by atoms with Gasteiger partial charge in [-0.25, -0.2) is 4.79 Å². The van der Waals surface area contributed by atoms with E-state index in [1.807, 2.05) is 43.5 Å². The molecule has 1 aliphatic heterocycles. The number of hydrogen-bond donors (Lipinski definition) is 2. The monoisotopic (exact) mass is 578 g/mol. The van der Waals surface area contributed by atoms with Crippen molar-refractivity contribution in [3.05, 3.63) is 105 Å². The number of amides is 1. The molecule has 1 aliphatic carbocycles. The van der Waals surface area contributed by atoms with Gasteiger partial charge in [-0.05, 0) is 116 Å². The van der Waals surface area contributed by atoms with Gasteiger partial charge in [0.05, 0.1) is 12.1 Å². The number of aromatic nitrogens is 1. The third-order valence-electron chi connectivity index (χ3n) is 8.65. The van der Waals surface area contributed by atoms with E-state index < -0.39 is 5.97 Å². The quantitative estimate of drug-likeness (QED) is 0.313. The number of rotatable bonds is 8. The fourth-order valence-corrected chi connectivity index (χ4v) is 5.90. The Balaban J connectivity index is 1.40. The first-order valence-corrected chi connectivity index (χ1v) is 15.1. The smallest absolute Gasteiger partial charge is 0.335 e. The molecule has 43 heavy (non-hydrogen) atoms. The second-order valence-electron chi connectivity index (χ2n) is 12.1. The predicted octanol–water partition coefficient (Wildman–Crippen LogP) is 4.75. The van der Waals surface area contributed by atoms with E-state index in [1.165, 1.54) is 0 Å². The highest BCUT2D eigenvalue weighted by molar-refractivity contribution is 5.97. The van der Waals surface area contributed by atoms with Crippen molar-refractivity contribution in [1.29, 1.82) is 0 Å². The lowest BCUT2D eigenvalue weighted by Gasteiger charge is -2.22. The van der Waals surface area contributed by atoms with Crippen molar-refractivity contribution in [3.63, 3.8) is 0 Å². The van der Waals surface area contributed by atoms with Gasteiger partial charge in [-0.15, -0.1) is 0 Å². The molecule has 0 unspecified atom stereocenters. The number of aryl methyl sites for hydroxylation is 1. The Kier molecular flexibility index (Phi) is 8.15. The number of nitrogens with one attached hydrogen (secondary N) is 1. The Labute approximate surface area is 251 Å². The van der Waals surface area contributed by atoms with E-state index in [9.17, 15) is 19.5 Å². The summed E-state index contributed by atoms with van der Waals surface area (Å²) in [6, 6.07) is 18.8. The summed E-state index contributed by atoms with van der Waals surface area (Å²) in [5.41, 5.74) is 5.74. The topological polar surface area (TPSA) is 94.9 Å². The molecule has 0 spiro atoms. The number of likely N-dealkylation sites (N-methyl/N-ethyl adjacent to an activating group) is 1. The number of carbonyl (C=O) groups is 2. The summed E-state index contributed by atoms with van der Waals surface area (Å²) in [5, 5.41) is 13.9. The summed E-state index contributed by atoms with van der Waals surface area (Å²) < 4.78 is 1.74. The van der Waals surface area contributed by atoms with E-state index in [-0.39, 0.29) is 23.1 Å². The summed E-state index contributed by atoms with van der Waals surface area (Å²) in [4.78, 5) is 42.8. The second-order valence-corrected chi connectivity index (χ2v) is 12.1. The van der Waals surface area contributed by atoms with Crippen molar-refractivity contribution >= 4 is 22.6 Å². The number of aromatic carboxylic acids is 1. The van der Waals surface area contributed by atoms with E-state index in [2.05, 4.69) is 28.2 Å². The Morgan fingerprint density at radius 1 is 0.884 bits per heavy atom. The molecule has 2 heterocycles. The maximum atomic E-state index is 13.8. The zero-order valence-corrected chi connectivity index (χ0v) is 24.8. The molecular formula is C35H38N4O4. The third kappa shape index (κ3) is 6.55. The van der Waals surface area contributed by atoms with Crippen LogP contribution in [-0.2, 0) is 13.1 Å². The standard InChI is InChI=1S/C35H38N4O4/c1-23-4-7-27(33(40)36-29-11-12-29)19-31(23)26-10-13-30-32(18-26)28(21-38-15-3-14-37(2)16-17-38)22-39(34(30)41)20-24-5-8-25(9-6-24)35(42)43/h4-10,13,18-19,22,29H,3,11-12,14-17,20-21H2,1-2H3,(H,36,40)(H,42,43). The summed E-state index contributed by atoms with van der Waals surface area (Å²) in [6.07, 6.45) is 5.14. The first-order valence-electron chi connectivity index (χ1n) is 15.1. The summed E-state index contributed by atoms with van der Waals surface area (Å²) in [5.74, 6) is -1.02. The van der Waals surface area contributed by atoms with Gasteiger partial charge in [0.15, 0.2) is 0 Å². The largest absolute Gasteiger partial charge is 0.478 e. The van der Waals surface area contributed by atoms with E-state index in [0.717, 1.165) is 85.2 Å². The maximum Gasteiger partial charge on any atom is 0.335 e. The van der Waals surface area contributed by atoms with E-state index in [0.29, 0.717) is 17.5 Å². The van der Waals surface area contributed by atoms with Crippen molar-refractivity contribution in [3.8, 4) is 11.1 Å². The van der Waals surface area contributed by atoms with Gasteiger partial charge in [0.2, 0.25) is 0 Å². The molecule has 0 radical (unpaired) electrons. The normalized spacial score (nSPS) is 16.2. The highest BCUT2D eigenvalue weighted by Gasteiger charge is 2.24. The average Bonchev–Trinajstić information content (AvgIpc) is 3.84. The van der Waals surface area contributed by atoms with Crippen LogP contribution in [0.3, 0.4) is 0 Å². The zero-order chi connectivity index (χ0) is 30.1. The van der Waals surface area contributed by atoms with Crippen LogP contribution in [0.2, 0.25) is 0 Å². The van der Waals surface area contributed by atoms with Crippen molar-refractivity contribution in [2.75, 3.05) is 33.2 Å². The molecule has 1 saturated heterocycles. The van der Waals surface area contributed by atoms with Gasteiger partial charge >= 0.3 is 5.97 Å². The number of benzene rings is 3. The number of pyridine rings is 1. The molecule has 0 bridgehead atoms. The predicted molar refractivity (Wildman–Crippen MR) is 169 cm³/mol. The lowest BCUT2D eigenvalue weighted by molar-refractivity contribution is 0.0696. The molecule has 2 aliphatic rings. The molecule has 3 aromatic carbocycles. The molecule has 1 amide bonds. The fraction of sp³-hybridized carbons (Fsp3) is 0.343. The lowest BCUT2D eigenvalue weighted by atomic mass is 9.94. The van der Waals surface area contributed by atoms with Gasteiger partial charge in [0.1, 0.15) is 0 Å². The maximum absolute atomic E-state index is 13.8. The van der Waals surface area contributed by atoms with Gasteiger partial charge in [0.25, 0.3) is 11.5 Å². The molecular weight excluding hydrogens is 540 g/mol. The van der Waals surface area contributed by atoms with Crippen molar-refractivity contribution in [2.45, 2.75) is 45.3 Å². The van der Waals surface area contributed by atoms with E-state index in [1.54, 1.807) is 28.8 Å². The van der Waals surface area contributed by atoms with Gasteiger partial charge in [-0.3, -0.25) is 14.5 Å². The van der Waals surface area contributed by atoms with Crippen LogP contribution >= 0.6 is 0 Å². The number of carboxylic acids is 1. The zero-order valence-electron chi connectivity index (χ0n) is 24.8. The SMILES string of the molecule is Cc1ccc(C(=O)NC2CC2)cc1-c1ccc2c(=O)n(Cc3ccc(C(=O)O)cc3)cc(CN3CCCN(C)CC3)c2c1. The van der Waals surface area contributed by atoms with Gasteiger partial charge < -0.3 is 19.9 Å². The summed E-state index contributed by atoms with van der Waals surface area (Å²) in [7, 11) is 2.16. The minimum absolute atomic E-state index is 0.0457. The van der Waals surface area contributed by atoms with Gasteiger partial charge in [-0.1, -0.05) is 24.3 Å². The highest BCUT2D eigenvalue weighted by Crippen LogP contribution is 2.30. The number of carboxylic acid groups (broad SMARTS) is 1. The third-order valence-corrected chi connectivity index (χ3v) is 8.65. The van der Waals surface area contributed by atoms with E-state index in [4.69, 9.17) is 0 Å². The molecule has 0 atom stereocenters. The average molecular weight is 579 g/mol. The van der Waals surface area contributed by atoms with Crippen LogP contribution in [-0.4, -0.2) is 70.6 Å². The molecule has 222 valence electrons.